The van der Waals surface area contributed by atoms with Crippen LogP contribution in [0.5, 0.6) is 5.75 Å². The van der Waals surface area contributed by atoms with E-state index in [0.717, 1.165) is 11.1 Å². The Morgan fingerprint density at radius 2 is 1.94 bits per heavy atom. The van der Waals surface area contributed by atoms with Crippen LogP contribution in [-0.2, 0) is 16.1 Å². The molecule has 1 amide bonds. The van der Waals surface area contributed by atoms with Crippen LogP contribution in [-0.4, -0.2) is 33.8 Å². The van der Waals surface area contributed by atoms with Crippen molar-refractivity contribution in [3.05, 3.63) is 99.8 Å². The summed E-state index contributed by atoms with van der Waals surface area (Å²) in [5.74, 6) is -1.37. The number of likely N-dealkylation sites (tertiary alicyclic amines) is 1. The first kappa shape index (κ1) is 21.6. The van der Waals surface area contributed by atoms with Gasteiger partial charge in [-0.1, -0.05) is 47.5 Å². The van der Waals surface area contributed by atoms with Crippen LogP contribution < -0.4 is 4.74 Å². The predicted molar refractivity (Wildman–Crippen MR) is 121 cm³/mol. The number of carbonyl (C=O) groups excluding carboxylic acids is 2. The molecule has 3 aromatic rings. The number of rotatable bonds is 5. The Hall–Kier alpha value is -3.64. The second-order valence-electron chi connectivity index (χ2n) is 7.51. The Balaban J connectivity index is 1.88. The fourth-order valence-electron chi connectivity index (χ4n) is 3.86. The summed E-state index contributed by atoms with van der Waals surface area (Å²) in [6, 6.07) is 16.8. The van der Waals surface area contributed by atoms with Crippen LogP contribution in [0.2, 0.25) is 5.02 Å². The fourth-order valence-corrected chi connectivity index (χ4v) is 4.05. The predicted octanol–water partition coefficient (Wildman–Crippen LogP) is 4.67. The van der Waals surface area contributed by atoms with Crippen LogP contribution in [0.1, 0.15) is 28.4 Å². The van der Waals surface area contributed by atoms with Crippen molar-refractivity contribution in [3.8, 4) is 5.75 Å². The standard InChI is InChI=1S/C25H21ClN2O4/c1-15-6-5-7-16(12-15)22-21(23(29)17-9-10-19(26)20(13-17)32-2)24(30)25(31)28(22)14-18-8-3-4-11-27-18/h3-13,22,29H,14H2,1-2H3/b23-21-. The zero-order valence-corrected chi connectivity index (χ0v) is 18.3. The lowest BCUT2D eigenvalue weighted by Crippen LogP contribution is -2.29. The fraction of sp³-hybridized carbons (Fsp3) is 0.160. The van der Waals surface area contributed by atoms with Crippen LogP contribution in [0.25, 0.3) is 5.76 Å². The normalized spacial score (nSPS) is 17.6. The van der Waals surface area contributed by atoms with E-state index in [0.29, 0.717) is 22.0 Å². The molecule has 2 heterocycles. The van der Waals surface area contributed by atoms with Crippen LogP contribution in [0.4, 0.5) is 0 Å². The van der Waals surface area contributed by atoms with Gasteiger partial charge in [0, 0.05) is 11.8 Å². The highest BCUT2D eigenvalue weighted by Crippen LogP contribution is 2.41. The third kappa shape index (κ3) is 3.97. The largest absolute Gasteiger partial charge is 0.507 e. The molecule has 1 unspecified atom stereocenters. The third-order valence-corrected chi connectivity index (χ3v) is 5.69. The van der Waals surface area contributed by atoms with Crippen LogP contribution in [0, 0.1) is 6.92 Å². The van der Waals surface area contributed by atoms with E-state index in [1.165, 1.54) is 18.1 Å². The molecule has 4 rings (SSSR count). The van der Waals surface area contributed by atoms with Gasteiger partial charge in [-0.3, -0.25) is 14.6 Å². The lowest BCUT2D eigenvalue weighted by Gasteiger charge is -2.25. The van der Waals surface area contributed by atoms with Crippen LogP contribution in [0.3, 0.4) is 0 Å². The van der Waals surface area contributed by atoms with E-state index in [4.69, 9.17) is 16.3 Å². The maximum atomic E-state index is 13.1. The molecule has 0 bridgehead atoms. The van der Waals surface area contributed by atoms with E-state index < -0.39 is 17.7 Å². The minimum Gasteiger partial charge on any atom is -0.507 e. The SMILES string of the molecule is COc1cc(/C(O)=C2/C(=O)C(=O)N(Cc3ccccn3)C2c2cccc(C)c2)ccc1Cl. The lowest BCUT2D eigenvalue weighted by atomic mass is 9.94. The number of nitrogens with zero attached hydrogens (tertiary/aromatic N) is 2. The van der Waals surface area contributed by atoms with Gasteiger partial charge < -0.3 is 14.7 Å². The molecule has 1 aliphatic rings. The van der Waals surface area contributed by atoms with E-state index in [9.17, 15) is 14.7 Å². The second kappa shape index (κ2) is 8.85. The summed E-state index contributed by atoms with van der Waals surface area (Å²) in [7, 11) is 1.46. The number of halogens is 1. The van der Waals surface area contributed by atoms with Gasteiger partial charge in [-0.15, -0.1) is 0 Å². The van der Waals surface area contributed by atoms with Crippen molar-refractivity contribution in [2.24, 2.45) is 0 Å². The number of hydrogen-bond donors (Lipinski definition) is 1. The number of amides is 1. The maximum absolute atomic E-state index is 13.1. The Morgan fingerprint density at radius 3 is 2.62 bits per heavy atom. The summed E-state index contributed by atoms with van der Waals surface area (Å²) in [6.07, 6.45) is 1.63. The molecular weight excluding hydrogens is 428 g/mol. The summed E-state index contributed by atoms with van der Waals surface area (Å²) in [5.41, 5.74) is 2.68. The van der Waals surface area contributed by atoms with E-state index in [1.807, 2.05) is 37.3 Å². The number of Topliss-reactive ketones (excluding diaryl/α,β-unsaturated/α-hetero) is 1. The second-order valence-corrected chi connectivity index (χ2v) is 7.92. The lowest BCUT2D eigenvalue weighted by molar-refractivity contribution is -0.140. The number of hydrogen-bond acceptors (Lipinski definition) is 5. The summed E-state index contributed by atoms with van der Waals surface area (Å²) < 4.78 is 5.24. The molecule has 2 aromatic carbocycles. The van der Waals surface area contributed by atoms with Crippen LogP contribution >= 0.6 is 11.6 Å². The zero-order chi connectivity index (χ0) is 22.8. The first-order valence-corrected chi connectivity index (χ1v) is 10.4. The Bertz CT molecular complexity index is 1220. The van der Waals surface area contributed by atoms with E-state index >= 15 is 0 Å². The minimum atomic E-state index is -0.765. The van der Waals surface area contributed by atoms with Crippen molar-refractivity contribution in [2.45, 2.75) is 19.5 Å². The minimum absolute atomic E-state index is 0.0147. The molecular formula is C25H21ClN2O4. The number of aromatic nitrogens is 1. The zero-order valence-electron chi connectivity index (χ0n) is 17.6. The molecule has 7 heteroatoms. The number of aliphatic hydroxyl groups excluding tert-OH is 1. The number of aryl methyl sites for hydroxylation is 1. The number of pyridine rings is 1. The van der Waals surface area contributed by atoms with Gasteiger partial charge in [0.15, 0.2) is 0 Å². The number of aliphatic hydroxyl groups is 1. The molecule has 1 aliphatic heterocycles. The van der Waals surface area contributed by atoms with Gasteiger partial charge in [0.25, 0.3) is 11.7 Å². The number of methoxy groups -OCH3 is 1. The van der Waals surface area contributed by atoms with Crippen molar-refractivity contribution in [1.82, 2.24) is 9.88 Å². The summed E-state index contributed by atoms with van der Waals surface area (Å²) in [5, 5.41) is 11.5. The van der Waals surface area contributed by atoms with Crippen molar-refractivity contribution in [3.63, 3.8) is 0 Å². The number of ether oxygens (including phenoxy) is 1. The average Bonchev–Trinajstić information content (AvgIpc) is 3.04. The molecule has 1 fully saturated rings. The highest BCUT2D eigenvalue weighted by Gasteiger charge is 2.46. The third-order valence-electron chi connectivity index (χ3n) is 5.38. The molecule has 162 valence electrons. The highest BCUT2D eigenvalue weighted by molar-refractivity contribution is 6.46. The molecule has 0 spiro atoms. The van der Waals surface area contributed by atoms with Crippen molar-refractivity contribution in [2.75, 3.05) is 7.11 Å². The first-order valence-electron chi connectivity index (χ1n) is 9.99. The molecule has 1 aromatic heterocycles. The number of carbonyl (C=O) groups is 2. The Labute approximate surface area is 190 Å². The van der Waals surface area contributed by atoms with Crippen molar-refractivity contribution >= 4 is 29.1 Å². The van der Waals surface area contributed by atoms with Crippen molar-refractivity contribution in [1.29, 1.82) is 0 Å². The molecule has 1 atom stereocenters. The summed E-state index contributed by atoms with van der Waals surface area (Å²) >= 11 is 6.11. The van der Waals surface area contributed by atoms with Gasteiger partial charge in [0.05, 0.1) is 36.0 Å². The van der Waals surface area contributed by atoms with Gasteiger partial charge in [-0.05, 0) is 42.8 Å². The number of ketones is 1. The van der Waals surface area contributed by atoms with Gasteiger partial charge in [0.2, 0.25) is 0 Å². The molecule has 6 nitrogen and oxygen atoms in total. The van der Waals surface area contributed by atoms with Crippen molar-refractivity contribution < 1.29 is 19.4 Å². The molecule has 0 radical (unpaired) electrons. The van der Waals surface area contributed by atoms with Crippen LogP contribution in [0.15, 0.2) is 72.4 Å². The molecule has 1 N–H and O–H groups in total. The monoisotopic (exact) mass is 448 g/mol. The van der Waals surface area contributed by atoms with Gasteiger partial charge >= 0.3 is 0 Å². The molecule has 0 aliphatic carbocycles. The Morgan fingerprint density at radius 1 is 1.12 bits per heavy atom. The first-order chi connectivity index (χ1) is 15.4. The smallest absolute Gasteiger partial charge is 0.296 e. The number of benzene rings is 2. The van der Waals surface area contributed by atoms with Gasteiger partial charge in [-0.2, -0.15) is 0 Å². The highest BCUT2D eigenvalue weighted by atomic mass is 35.5. The average molecular weight is 449 g/mol. The van der Waals surface area contributed by atoms with Gasteiger partial charge in [-0.25, -0.2) is 0 Å². The van der Waals surface area contributed by atoms with E-state index in [2.05, 4.69) is 4.98 Å². The Kier molecular flexibility index (Phi) is 5.97. The summed E-state index contributed by atoms with van der Waals surface area (Å²) in [6.45, 7) is 2.06. The molecule has 1 saturated heterocycles. The quantitative estimate of drug-likeness (QED) is 0.348. The van der Waals surface area contributed by atoms with Gasteiger partial charge in [0.1, 0.15) is 11.5 Å². The van der Waals surface area contributed by atoms with E-state index in [1.54, 1.807) is 30.5 Å². The topological polar surface area (TPSA) is 79.7 Å². The maximum Gasteiger partial charge on any atom is 0.296 e. The molecule has 0 saturated carbocycles. The molecule has 32 heavy (non-hydrogen) atoms. The summed E-state index contributed by atoms with van der Waals surface area (Å²) in [4.78, 5) is 31.9. The van der Waals surface area contributed by atoms with E-state index in [-0.39, 0.29) is 17.9 Å².